The predicted octanol–water partition coefficient (Wildman–Crippen LogP) is 5.07. The number of anilines is 2. The number of nitrogens with zero attached hydrogens (tertiary/aromatic N) is 4. The normalized spacial score (nSPS) is 15.1. The van der Waals surface area contributed by atoms with Crippen molar-refractivity contribution in [2.45, 2.75) is 6.04 Å². The average Bonchev–Trinajstić information content (AvgIpc) is 3.28. The third-order valence-electron chi connectivity index (χ3n) is 5.46. The first-order valence-corrected chi connectivity index (χ1v) is 10.0. The Hall–Kier alpha value is -3.86. The number of nitrogens with one attached hydrogen (secondary N) is 1. The molecule has 0 spiro atoms. The SMILES string of the molecule is CN(C)c1ccc(C2C=C(c3ccc(-c4ccccc4)cc3)Nc3ncnn32)cc1. The van der Waals surface area contributed by atoms with Crippen molar-refractivity contribution < 1.29 is 0 Å². The molecule has 5 nitrogen and oxygen atoms in total. The van der Waals surface area contributed by atoms with E-state index in [9.17, 15) is 0 Å². The van der Waals surface area contributed by atoms with Gasteiger partial charge >= 0.3 is 0 Å². The Kier molecular flexibility index (Phi) is 4.56. The van der Waals surface area contributed by atoms with Crippen molar-refractivity contribution in [2.75, 3.05) is 24.3 Å². The average molecular weight is 393 g/mol. The lowest BCUT2D eigenvalue weighted by atomic mass is 9.99. The van der Waals surface area contributed by atoms with Crippen LogP contribution < -0.4 is 10.2 Å². The fourth-order valence-corrected chi connectivity index (χ4v) is 3.78. The first-order valence-electron chi connectivity index (χ1n) is 10.0. The maximum absolute atomic E-state index is 4.44. The monoisotopic (exact) mass is 393 g/mol. The summed E-state index contributed by atoms with van der Waals surface area (Å²) in [5.74, 6) is 0.751. The summed E-state index contributed by atoms with van der Waals surface area (Å²) in [6.45, 7) is 0. The maximum atomic E-state index is 4.44. The van der Waals surface area contributed by atoms with E-state index in [1.54, 1.807) is 6.33 Å². The fraction of sp³-hybridized carbons (Fsp3) is 0.120. The van der Waals surface area contributed by atoms with Crippen LogP contribution in [-0.2, 0) is 0 Å². The van der Waals surface area contributed by atoms with Crippen LogP contribution in [0.15, 0.2) is 91.3 Å². The zero-order valence-electron chi connectivity index (χ0n) is 17.0. The van der Waals surface area contributed by atoms with Gasteiger partial charge in [0.1, 0.15) is 12.4 Å². The zero-order chi connectivity index (χ0) is 20.5. The minimum Gasteiger partial charge on any atom is -0.378 e. The van der Waals surface area contributed by atoms with Gasteiger partial charge in [-0.3, -0.25) is 0 Å². The van der Waals surface area contributed by atoms with Crippen LogP contribution in [0.3, 0.4) is 0 Å². The van der Waals surface area contributed by atoms with Crippen LogP contribution in [0, 0.1) is 0 Å². The molecular weight excluding hydrogens is 370 g/mol. The number of benzene rings is 3. The molecule has 1 N–H and O–H groups in total. The molecule has 0 saturated heterocycles. The van der Waals surface area contributed by atoms with Crippen molar-refractivity contribution in [2.24, 2.45) is 0 Å². The molecule has 0 saturated carbocycles. The molecule has 0 bridgehead atoms. The second-order valence-corrected chi connectivity index (χ2v) is 7.61. The van der Waals surface area contributed by atoms with E-state index in [1.807, 2.05) is 24.8 Å². The molecule has 0 radical (unpaired) electrons. The second kappa shape index (κ2) is 7.52. The summed E-state index contributed by atoms with van der Waals surface area (Å²) in [6.07, 6.45) is 3.81. The fourth-order valence-electron chi connectivity index (χ4n) is 3.78. The maximum Gasteiger partial charge on any atom is 0.226 e. The molecule has 5 rings (SSSR count). The van der Waals surface area contributed by atoms with Gasteiger partial charge in [-0.1, -0.05) is 66.7 Å². The molecule has 148 valence electrons. The summed E-state index contributed by atoms with van der Waals surface area (Å²) in [5.41, 5.74) is 6.93. The van der Waals surface area contributed by atoms with Crippen molar-refractivity contribution in [3.63, 3.8) is 0 Å². The Morgan fingerprint density at radius 2 is 1.47 bits per heavy atom. The van der Waals surface area contributed by atoms with Crippen LogP contribution in [0.5, 0.6) is 0 Å². The molecule has 2 heterocycles. The van der Waals surface area contributed by atoms with E-state index in [-0.39, 0.29) is 6.04 Å². The van der Waals surface area contributed by atoms with Crippen LogP contribution in [0.25, 0.3) is 16.8 Å². The lowest BCUT2D eigenvalue weighted by Gasteiger charge is -2.25. The van der Waals surface area contributed by atoms with E-state index < -0.39 is 0 Å². The van der Waals surface area contributed by atoms with Gasteiger partial charge in [-0.2, -0.15) is 10.1 Å². The largest absolute Gasteiger partial charge is 0.378 e. The molecule has 0 fully saturated rings. The smallest absolute Gasteiger partial charge is 0.226 e. The molecule has 1 unspecified atom stereocenters. The molecule has 1 aliphatic rings. The van der Waals surface area contributed by atoms with Crippen LogP contribution in [0.4, 0.5) is 11.6 Å². The van der Waals surface area contributed by atoms with Crippen molar-refractivity contribution >= 4 is 17.3 Å². The molecule has 0 amide bonds. The summed E-state index contributed by atoms with van der Waals surface area (Å²) in [5, 5.41) is 7.87. The van der Waals surface area contributed by atoms with Crippen LogP contribution >= 0.6 is 0 Å². The van der Waals surface area contributed by atoms with Gasteiger partial charge in [-0.15, -0.1) is 0 Å². The highest BCUT2D eigenvalue weighted by Gasteiger charge is 2.23. The standard InChI is InChI=1S/C25H23N5/c1-29(2)22-14-12-21(13-15-22)24-16-23(28-25-26-17-27-30(24)25)20-10-8-19(9-11-20)18-6-4-3-5-7-18/h3-17,24H,1-2H3,(H,26,27,28). The minimum atomic E-state index is -0.0104. The van der Waals surface area contributed by atoms with E-state index in [1.165, 1.54) is 22.4 Å². The third kappa shape index (κ3) is 3.35. The molecule has 30 heavy (non-hydrogen) atoms. The Labute approximate surface area is 176 Å². The predicted molar refractivity (Wildman–Crippen MR) is 122 cm³/mol. The van der Waals surface area contributed by atoms with Gasteiger partial charge in [0, 0.05) is 25.5 Å². The van der Waals surface area contributed by atoms with E-state index in [2.05, 4.69) is 99.2 Å². The van der Waals surface area contributed by atoms with Gasteiger partial charge in [0.15, 0.2) is 0 Å². The van der Waals surface area contributed by atoms with Crippen LogP contribution in [-0.4, -0.2) is 28.9 Å². The van der Waals surface area contributed by atoms with Crippen LogP contribution in [0.1, 0.15) is 17.2 Å². The van der Waals surface area contributed by atoms with E-state index >= 15 is 0 Å². The highest BCUT2D eigenvalue weighted by molar-refractivity contribution is 5.78. The summed E-state index contributed by atoms with van der Waals surface area (Å²) < 4.78 is 1.92. The van der Waals surface area contributed by atoms with Gasteiger partial charge in [-0.25, -0.2) is 4.68 Å². The Balaban J connectivity index is 1.49. The summed E-state index contributed by atoms with van der Waals surface area (Å²) >= 11 is 0. The minimum absolute atomic E-state index is 0.0104. The summed E-state index contributed by atoms with van der Waals surface area (Å²) in [7, 11) is 4.10. The first kappa shape index (κ1) is 18.2. The number of fused-ring (bicyclic) bond motifs is 1. The molecule has 1 aromatic heterocycles. The lowest BCUT2D eigenvalue weighted by Crippen LogP contribution is -2.20. The van der Waals surface area contributed by atoms with Gasteiger partial charge in [0.25, 0.3) is 0 Å². The number of hydrogen-bond donors (Lipinski definition) is 1. The lowest BCUT2D eigenvalue weighted by molar-refractivity contribution is 0.612. The Morgan fingerprint density at radius 3 is 2.17 bits per heavy atom. The van der Waals surface area contributed by atoms with Gasteiger partial charge in [0.2, 0.25) is 5.95 Å². The molecular formula is C25H23N5. The van der Waals surface area contributed by atoms with E-state index in [0.29, 0.717) is 0 Å². The van der Waals surface area contributed by atoms with Gasteiger partial charge in [0.05, 0.1) is 0 Å². The number of hydrogen-bond acceptors (Lipinski definition) is 4. The quantitative estimate of drug-likeness (QED) is 0.526. The number of aromatic nitrogens is 3. The Morgan fingerprint density at radius 1 is 0.800 bits per heavy atom. The summed E-state index contributed by atoms with van der Waals surface area (Å²) in [4.78, 5) is 6.51. The van der Waals surface area contributed by atoms with Crippen molar-refractivity contribution in [1.29, 1.82) is 0 Å². The zero-order valence-corrected chi connectivity index (χ0v) is 17.0. The Bertz CT molecular complexity index is 1170. The molecule has 1 aliphatic heterocycles. The highest BCUT2D eigenvalue weighted by Crippen LogP contribution is 2.33. The van der Waals surface area contributed by atoms with Gasteiger partial charge in [-0.05, 0) is 40.5 Å². The van der Waals surface area contributed by atoms with Gasteiger partial charge < -0.3 is 10.2 Å². The van der Waals surface area contributed by atoms with Crippen molar-refractivity contribution in [3.05, 3.63) is 102 Å². The third-order valence-corrected chi connectivity index (χ3v) is 5.46. The molecule has 1 atom stereocenters. The van der Waals surface area contributed by atoms with E-state index in [0.717, 1.165) is 17.2 Å². The first-order chi connectivity index (χ1) is 14.7. The number of allylic oxidation sites excluding steroid dienone is 1. The van der Waals surface area contributed by atoms with Crippen molar-refractivity contribution in [3.8, 4) is 11.1 Å². The summed E-state index contributed by atoms with van der Waals surface area (Å²) in [6, 6.07) is 27.6. The van der Waals surface area contributed by atoms with E-state index in [4.69, 9.17) is 0 Å². The van der Waals surface area contributed by atoms with Crippen molar-refractivity contribution in [1.82, 2.24) is 14.8 Å². The molecule has 4 aromatic rings. The second-order valence-electron chi connectivity index (χ2n) is 7.61. The number of rotatable bonds is 4. The molecule has 5 heteroatoms. The van der Waals surface area contributed by atoms with Crippen LogP contribution in [0.2, 0.25) is 0 Å². The molecule has 0 aliphatic carbocycles. The molecule has 3 aromatic carbocycles. The topological polar surface area (TPSA) is 46.0 Å². The highest BCUT2D eigenvalue weighted by atomic mass is 15.4.